The fourth-order valence-corrected chi connectivity index (χ4v) is 1.01. The van der Waals surface area contributed by atoms with Crippen molar-refractivity contribution in [3.8, 4) is 0 Å². The van der Waals surface area contributed by atoms with Gasteiger partial charge in [-0.25, -0.2) is 9.13 Å². The van der Waals surface area contributed by atoms with Crippen LogP contribution in [-0.4, -0.2) is 4.57 Å². The molecule has 10 heavy (non-hydrogen) atoms. The Bertz CT molecular complexity index is 313. The van der Waals surface area contributed by atoms with E-state index in [4.69, 9.17) is 0 Å². The van der Waals surface area contributed by atoms with Gasteiger partial charge in [0.15, 0.2) is 5.35 Å². The molecule has 0 N–H and O–H groups in total. The number of hydrogen-bond donors (Lipinski definition) is 0. The van der Waals surface area contributed by atoms with Crippen LogP contribution in [0, 0.1) is 6.92 Å². The Hall–Kier alpha value is -1.05. The summed E-state index contributed by atoms with van der Waals surface area (Å²) in [6, 6.07) is 0. The van der Waals surface area contributed by atoms with Crippen LogP contribution < -0.4 is 15.4 Å². The smallest absolute Gasteiger partial charge is 0.231 e. The molecule has 0 atom stereocenters. The number of rotatable bonds is 0. The molecule has 1 heterocycles. The van der Waals surface area contributed by atoms with Crippen LogP contribution in [0.4, 0.5) is 0 Å². The van der Waals surface area contributed by atoms with Gasteiger partial charge >= 0.3 is 0 Å². The van der Waals surface area contributed by atoms with Crippen molar-refractivity contribution in [1.29, 1.82) is 0 Å². The Balaban J connectivity index is 3.77. The summed E-state index contributed by atoms with van der Waals surface area (Å²) in [5, 5.41) is 1.03. The summed E-state index contributed by atoms with van der Waals surface area (Å²) in [6.07, 6.45) is 0. The first-order valence-corrected chi connectivity index (χ1v) is 3.25. The third kappa shape index (κ3) is 0.685. The fourth-order valence-electron chi connectivity index (χ4n) is 1.01. The Labute approximate surface area is 60.7 Å². The topological polar surface area (TPSA) is 8.81 Å². The number of imidazole rings is 1. The highest BCUT2D eigenvalue weighted by Crippen LogP contribution is 1.68. The van der Waals surface area contributed by atoms with Crippen molar-refractivity contribution in [1.82, 2.24) is 4.57 Å². The zero-order chi connectivity index (χ0) is 7.89. The van der Waals surface area contributed by atoms with E-state index in [0.29, 0.717) is 0 Å². The molecule has 1 aromatic rings. The quantitative estimate of drug-likeness (QED) is 0.405. The van der Waals surface area contributed by atoms with Gasteiger partial charge < -0.3 is 0 Å². The van der Waals surface area contributed by atoms with Gasteiger partial charge in [-0.15, -0.1) is 0 Å². The molecule has 0 radical (unpaired) electrons. The van der Waals surface area contributed by atoms with Crippen LogP contribution in [0.3, 0.4) is 0 Å². The molecule has 54 valence electrons. The normalized spacial score (nSPS) is 10.3. The molecule has 0 aliphatic rings. The highest BCUT2D eigenvalue weighted by molar-refractivity contribution is 5.02. The first-order chi connectivity index (χ1) is 4.55. The average Bonchev–Trinajstić information content (AvgIpc) is 2.07. The predicted molar refractivity (Wildman–Crippen MR) is 41.6 cm³/mol. The van der Waals surface area contributed by atoms with E-state index in [2.05, 4.69) is 13.2 Å². The summed E-state index contributed by atoms with van der Waals surface area (Å²) >= 11 is 0. The molecule has 0 aliphatic heterocycles. The summed E-state index contributed by atoms with van der Waals surface area (Å²) in [7, 11) is 3.96. The van der Waals surface area contributed by atoms with E-state index in [-0.39, 0.29) is 0 Å². The van der Waals surface area contributed by atoms with Gasteiger partial charge in [0.25, 0.3) is 5.48 Å². The van der Waals surface area contributed by atoms with Gasteiger partial charge in [0.2, 0.25) is 0 Å². The van der Waals surface area contributed by atoms with Gasteiger partial charge in [-0.05, 0) is 13.2 Å². The van der Waals surface area contributed by atoms with Crippen LogP contribution in [0.2, 0.25) is 0 Å². The zero-order valence-corrected chi connectivity index (χ0v) is 6.81. The van der Waals surface area contributed by atoms with Crippen molar-refractivity contribution in [2.45, 2.75) is 6.92 Å². The molecule has 0 bridgehead atoms. The van der Waals surface area contributed by atoms with Crippen LogP contribution in [0.1, 0.15) is 5.69 Å². The molecule has 0 unspecified atom stereocenters. The lowest BCUT2D eigenvalue weighted by Crippen LogP contribution is -2.47. The molecule has 1 rings (SSSR count). The minimum absolute atomic E-state index is 0.988. The van der Waals surface area contributed by atoms with Crippen molar-refractivity contribution in [2.24, 2.45) is 14.1 Å². The fraction of sp³-hybridized carbons (Fsp3) is 0.375. The third-order valence-electron chi connectivity index (χ3n) is 2.10. The number of nitrogens with zero attached hydrogens (tertiary/aromatic N) is 2. The standard InChI is InChI=1S/C8H13N2/c1-6-7(2)10(5)8(3)9(6)4/h1,3H2,2,4-5H3/q+1. The maximum Gasteiger partial charge on any atom is 0.274 e. The molecule has 2 nitrogen and oxygen atoms in total. The van der Waals surface area contributed by atoms with Crippen molar-refractivity contribution in [2.75, 3.05) is 0 Å². The van der Waals surface area contributed by atoms with Gasteiger partial charge in [-0.2, -0.15) is 0 Å². The number of aromatic nitrogens is 2. The Morgan fingerprint density at radius 3 is 2.00 bits per heavy atom. The van der Waals surface area contributed by atoms with E-state index in [1.165, 1.54) is 5.69 Å². The molecule has 0 fully saturated rings. The summed E-state index contributed by atoms with van der Waals surface area (Å²) in [5.74, 6) is 0. The molecule has 0 amide bonds. The third-order valence-corrected chi connectivity index (χ3v) is 2.10. The minimum atomic E-state index is 0.988. The van der Waals surface area contributed by atoms with E-state index >= 15 is 0 Å². The van der Waals surface area contributed by atoms with E-state index < -0.39 is 0 Å². The summed E-state index contributed by atoms with van der Waals surface area (Å²) in [6.45, 7) is 9.83. The lowest BCUT2D eigenvalue weighted by Gasteiger charge is -1.81. The van der Waals surface area contributed by atoms with Crippen LogP contribution in [0.25, 0.3) is 13.2 Å². The summed E-state index contributed by atoms with van der Waals surface area (Å²) in [4.78, 5) is 0. The van der Waals surface area contributed by atoms with Gasteiger partial charge in [-0.3, -0.25) is 0 Å². The van der Waals surface area contributed by atoms with Crippen molar-refractivity contribution in [3.63, 3.8) is 0 Å². The molecular weight excluding hydrogens is 124 g/mol. The minimum Gasteiger partial charge on any atom is -0.231 e. The molecule has 1 aromatic heterocycles. The molecule has 0 aromatic carbocycles. The second kappa shape index (κ2) is 1.97. The highest BCUT2D eigenvalue weighted by atomic mass is 15.1. The molecule has 0 spiro atoms. The van der Waals surface area contributed by atoms with E-state index in [1.54, 1.807) is 0 Å². The Morgan fingerprint density at radius 1 is 1.40 bits per heavy atom. The van der Waals surface area contributed by atoms with E-state index in [1.807, 2.05) is 30.2 Å². The van der Waals surface area contributed by atoms with Gasteiger partial charge in [0, 0.05) is 6.92 Å². The lowest BCUT2D eigenvalue weighted by atomic mass is 10.5. The van der Waals surface area contributed by atoms with Crippen molar-refractivity contribution < 1.29 is 4.57 Å². The van der Waals surface area contributed by atoms with Crippen LogP contribution >= 0.6 is 0 Å². The van der Waals surface area contributed by atoms with Crippen molar-refractivity contribution >= 4 is 13.2 Å². The van der Waals surface area contributed by atoms with Crippen LogP contribution in [0.5, 0.6) is 0 Å². The summed E-state index contributed by atoms with van der Waals surface area (Å²) in [5.41, 5.74) is 2.16. The summed E-state index contributed by atoms with van der Waals surface area (Å²) < 4.78 is 4.01. The lowest BCUT2D eigenvalue weighted by molar-refractivity contribution is -0.690. The molecular formula is C8H13N2+. The molecule has 0 aliphatic carbocycles. The first-order valence-electron chi connectivity index (χ1n) is 3.25. The molecule has 0 saturated heterocycles. The highest BCUT2D eigenvalue weighted by Gasteiger charge is 2.07. The maximum atomic E-state index is 3.90. The Morgan fingerprint density at radius 2 is 1.90 bits per heavy atom. The molecule has 2 heteroatoms. The zero-order valence-electron chi connectivity index (χ0n) is 6.81. The van der Waals surface area contributed by atoms with Gasteiger partial charge in [0.05, 0.1) is 14.1 Å². The predicted octanol–water partition coefficient (Wildman–Crippen LogP) is -1.02. The van der Waals surface area contributed by atoms with E-state index in [9.17, 15) is 0 Å². The van der Waals surface area contributed by atoms with Gasteiger partial charge in [-0.1, -0.05) is 0 Å². The first kappa shape index (κ1) is 7.06. The van der Waals surface area contributed by atoms with Crippen LogP contribution in [0.15, 0.2) is 0 Å². The second-order valence-electron chi connectivity index (χ2n) is 2.57. The Kier molecular flexibility index (Phi) is 1.39. The van der Waals surface area contributed by atoms with Crippen molar-refractivity contribution in [3.05, 3.63) is 16.5 Å². The maximum absolute atomic E-state index is 3.90. The monoisotopic (exact) mass is 137 g/mol. The SMILES string of the molecule is C=c1c(C)[n+](C)c(=C)n1C. The van der Waals surface area contributed by atoms with Gasteiger partial charge in [0.1, 0.15) is 5.69 Å². The average molecular weight is 137 g/mol. The van der Waals surface area contributed by atoms with Crippen LogP contribution in [-0.2, 0) is 14.1 Å². The van der Waals surface area contributed by atoms with E-state index in [0.717, 1.165) is 10.8 Å². The number of hydrogen-bond acceptors (Lipinski definition) is 0. The largest absolute Gasteiger partial charge is 0.274 e. The second-order valence-corrected chi connectivity index (χ2v) is 2.57. The molecule has 0 saturated carbocycles.